The monoisotopic (exact) mass is 671 g/mol. The van der Waals surface area contributed by atoms with Crippen molar-refractivity contribution in [2.75, 3.05) is 0 Å². The van der Waals surface area contributed by atoms with Crippen LogP contribution in [0.4, 0.5) is 4.79 Å². The van der Waals surface area contributed by atoms with E-state index in [0.717, 1.165) is 16.7 Å². The summed E-state index contributed by atoms with van der Waals surface area (Å²) in [7, 11) is 0. The summed E-state index contributed by atoms with van der Waals surface area (Å²) in [6, 6.07) is 24.9. The maximum absolute atomic E-state index is 13.8. The lowest BCUT2D eigenvalue weighted by molar-refractivity contribution is -0.136. The summed E-state index contributed by atoms with van der Waals surface area (Å²) in [4.78, 5) is 54.0. The Balaban J connectivity index is 1.81. The lowest BCUT2D eigenvalue weighted by Gasteiger charge is -2.27. The Morgan fingerprint density at radius 3 is 1.63 bits per heavy atom. The van der Waals surface area contributed by atoms with Crippen molar-refractivity contribution in [3.63, 3.8) is 0 Å². The number of nitrogens with one attached hydrogen (secondary N) is 4. The topological polar surface area (TPSA) is 163 Å². The molecule has 0 saturated heterocycles. The molecule has 0 aromatic heterocycles. The van der Waals surface area contributed by atoms with Gasteiger partial charge >= 0.3 is 6.03 Å². The molecule has 0 aliphatic carbocycles. The SMILES string of the molecule is CC(C)CC(NC(=O)NC(C)(C)C)C(=O)NC(Cc1ccccc1)C(=O)NC(=O)[C@H](Cc1ccccc1)C[C@H](O)[C@@H](N)Cc1ccccc1. The number of hydrogen-bond donors (Lipinski definition) is 6. The van der Waals surface area contributed by atoms with Crippen LogP contribution >= 0.6 is 0 Å². The third kappa shape index (κ3) is 14.2. The fraction of sp³-hybridized carbons (Fsp3) is 0.436. The first kappa shape index (κ1) is 38.9. The number of rotatable bonds is 16. The van der Waals surface area contributed by atoms with E-state index >= 15 is 0 Å². The van der Waals surface area contributed by atoms with Crippen molar-refractivity contribution in [1.29, 1.82) is 0 Å². The number of aliphatic hydroxyl groups is 1. The molecule has 49 heavy (non-hydrogen) atoms. The zero-order valence-electron chi connectivity index (χ0n) is 29.3. The van der Waals surface area contributed by atoms with Crippen LogP contribution in [0.1, 0.15) is 64.2 Å². The van der Waals surface area contributed by atoms with Gasteiger partial charge < -0.3 is 26.8 Å². The molecular formula is C39H53N5O5. The molecule has 10 heteroatoms. The van der Waals surface area contributed by atoms with E-state index in [1.807, 2.05) is 126 Å². The summed E-state index contributed by atoms with van der Waals surface area (Å²) in [5, 5.41) is 22.0. The quantitative estimate of drug-likeness (QED) is 0.135. The predicted molar refractivity (Wildman–Crippen MR) is 192 cm³/mol. The van der Waals surface area contributed by atoms with Crippen LogP contribution in [-0.4, -0.2) is 58.6 Å². The highest BCUT2D eigenvalue weighted by Crippen LogP contribution is 2.18. The van der Waals surface area contributed by atoms with Gasteiger partial charge in [-0.15, -0.1) is 0 Å². The Kier molecular flexibility index (Phi) is 15.0. The summed E-state index contributed by atoms with van der Waals surface area (Å²) >= 11 is 0. The third-order valence-corrected chi connectivity index (χ3v) is 8.01. The summed E-state index contributed by atoms with van der Waals surface area (Å²) < 4.78 is 0. The van der Waals surface area contributed by atoms with Gasteiger partial charge in [0.15, 0.2) is 0 Å². The van der Waals surface area contributed by atoms with Crippen molar-refractivity contribution in [2.24, 2.45) is 17.6 Å². The van der Waals surface area contributed by atoms with Crippen LogP contribution in [0.2, 0.25) is 0 Å². The van der Waals surface area contributed by atoms with E-state index in [1.165, 1.54) is 0 Å². The number of imide groups is 1. The van der Waals surface area contributed by atoms with Crippen molar-refractivity contribution in [2.45, 2.75) is 96.5 Å². The van der Waals surface area contributed by atoms with E-state index in [0.29, 0.717) is 12.8 Å². The average Bonchev–Trinajstić information content (AvgIpc) is 3.04. The summed E-state index contributed by atoms with van der Waals surface area (Å²) in [5.74, 6) is -2.52. The average molecular weight is 672 g/mol. The van der Waals surface area contributed by atoms with Gasteiger partial charge in [-0.2, -0.15) is 0 Å². The molecule has 0 radical (unpaired) electrons. The van der Waals surface area contributed by atoms with Crippen molar-refractivity contribution < 1.29 is 24.3 Å². The Morgan fingerprint density at radius 1 is 0.653 bits per heavy atom. The number of aliphatic hydroxyl groups excluding tert-OH is 1. The molecule has 0 aliphatic rings. The van der Waals surface area contributed by atoms with Crippen LogP contribution in [0, 0.1) is 11.8 Å². The van der Waals surface area contributed by atoms with Crippen LogP contribution in [0.3, 0.4) is 0 Å². The highest BCUT2D eigenvalue weighted by atomic mass is 16.3. The highest BCUT2D eigenvalue weighted by Gasteiger charge is 2.32. The third-order valence-electron chi connectivity index (χ3n) is 8.01. The minimum Gasteiger partial charge on any atom is -0.391 e. The molecule has 3 aromatic rings. The maximum atomic E-state index is 13.8. The molecule has 5 amide bonds. The maximum Gasteiger partial charge on any atom is 0.315 e. The van der Waals surface area contributed by atoms with Gasteiger partial charge in [-0.3, -0.25) is 19.7 Å². The summed E-state index contributed by atoms with van der Waals surface area (Å²) in [5.41, 5.74) is 8.47. The predicted octanol–water partition coefficient (Wildman–Crippen LogP) is 4.05. The number of hydrogen-bond acceptors (Lipinski definition) is 6. The van der Waals surface area contributed by atoms with Crippen molar-refractivity contribution >= 4 is 23.8 Å². The van der Waals surface area contributed by atoms with Gasteiger partial charge in [0, 0.05) is 23.9 Å². The van der Waals surface area contributed by atoms with Crippen LogP contribution in [-0.2, 0) is 33.6 Å². The molecule has 0 spiro atoms. The van der Waals surface area contributed by atoms with Gasteiger partial charge in [0.25, 0.3) is 0 Å². The second-order valence-electron chi connectivity index (χ2n) is 14.2. The van der Waals surface area contributed by atoms with Crippen molar-refractivity contribution in [1.82, 2.24) is 21.3 Å². The molecule has 0 aliphatic heterocycles. The molecule has 3 rings (SSSR count). The second-order valence-corrected chi connectivity index (χ2v) is 14.2. The summed E-state index contributed by atoms with van der Waals surface area (Å²) in [6.45, 7) is 9.38. The zero-order chi connectivity index (χ0) is 36.0. The first-order chi connectivity index (χ1) is 23.2. The largest absolute Gasteiger partial charge is 0.391 e. The Bertz CT molecular complexity index is 1480. The number of nitrogens with two attached hydrogens (primary N) is 1. The minimum absolute atomic E-state index is 0.0288. The molecule has 7 N–H and O–H groups in total. The Morgan fingerprint density at radius 2 is 1.14 bits per heavy atom. The van der Waals surface area contributed by atoms with Gasteiger partial charge in [0.05, 0.1) is 6.10 Å². The normalized spacial score (nSPS) is 14.5. The fourth-order valence-corrected chi connectivity index (χ4v) is 5.55. The Labute approximate surface area is 290 Å². The fourth-order valence-electron chi connectivity index (χ4n) is 5.55. The van der Waals surface area contributed by atoms with Crippen LogP contribution < -0.4 is 27.0 Å². The lowest BCUT2D eigenvalue weighted by Crippen LogP contribution is -2.58. The van der Waals surface area contributed by atoms with Gasteiger partial charge in [-0.1, -0.05) is 105 Å². The molecular weight excluding hydrogens is 618 g/mol. The molecule has 10 nitrogen and oxygen atoms in total. The van der Waals surface area contributed by atoms with Gasteiger partial charge in [0.2, 0.25) is 17.7 Å². The molecule has 264 valence electrons. The van der Waals surface area contributed by atoms with Crippen LogP contribution in [0.5, 0.6) is 0 Å². The van der Waals surface area contributed by atoms with E-state index < -0.39 is 59.4 Å². The van der Waals surface area contributed by atoms with E-state index in [9.17, 15) is 24.3 Å². The Hall–Kier alpha value is -4.54. The molecule has 0 fully saturated rings. The molecule has 5 atom stereocenters. The first-order valence-electron chi connectivity index (χ1n) is 17.0. The van der Waals surface area contributed by atoms with E-state index in [-0.39, 0.29) is 25.2 Å². The standard InChI is InChI=1S/C39H53N5O5/c1-26(2)21-32(42-38(49)44-39(3,4)5)36(47)41-33(24-29-19-13-8-14-20-29)37(48)43-35(46)30(22-27-15-9-6-10-16-27)25-34(45)31(40)23-28-17-11-7-12-18-28/h6-20,26,30-34,45H,21-25,40H2,1-5H3,(H,41,47)(H2,42,44,49)(H,43,46,48)/t30-,31+,32?,33?,34+/m1/s1. The molecule has 0 saturated carbocycles. The smallest absolute Gasteiger partial charge is 0.315 e. The van der Waals surface area contributed by atoms with E-state index in [4.69, 9.17) is 5.73 Å². The number of carbonyl (C=O) groups is 4. The zero-order valence-corrected chi connectivity index (χ0v) is 29.3. The number of urea groups is 1. The molecule has 0 bridgehead atoms. The molecule has 2 unspecified atom stereocenters. The summed E-state index contributed by atoms with van der Waals surface area (Å²) in [6.07, 6.45) is 0.154. The number of carbonyl (C=O) groups excluding carboxylic acids is 4. The van der Waals surface area contributed by atoms with E-state index in [2.05, 4.69) is 21.3 Å². The van der Waals surface area contributed by atoms with E-state index in [1.54, 1.807) is 0 Å². The highest BCUT2D eigenvalue weighted by molar-refractivity contribution is 6.01. The van der Waals surface area contributed by atoms with Crippen LogP contribution in [0.15, 0.2) is 91.0 Å². The minimum atomic E-state index is -1.12. The van der Waals surface area contributed by atoms with Gasteiger partial charge in [-0.05, 0) is 69.1 Å². The molecule has 3 aromatic carbocycles. The lowest BCUT2D eigenvalue weighted by atomic mass is 9.89. The van der Waals surface area contributed by atoms with Gasteiger partial charge in [0.1, 0.15) is 12.1 Å². The van der Waals surface area contributed by atoms with Crippen molar-refractivity contribution in [3.8, 4) is 0 Å². The molecule has 0 heterocycles. The first-order valence-corrected chi connectivity index (χ1v) is 17.0. The van der Waals surface area contributed by atoms with Gasteiger partial charge in [-0.25, -0.2) is 4.79 Å². The van der Waals surface area contributed by atoms with Crippen LogP contribution in [0.25, 0.3) is 0 Å². The van der Waals surface area contributed by atoms with Crippen molar-refractivity contribution in [3.05, 3.63) is 108 Å². The number of amides is 5. The number of benzene rings is 3. The second kappa shape index (κ2) is 18.9.